The van der Waals surface area contributed by atoms with Crippen molar-refractivity contribution in [3.63, 3.8) is 0 Å². The number of nitrogens with one attached hydrogen (secondary N) is 2. The van der Waals surface area contributed by atoms with E-state index in [2.05, 4.69) is 29.4 Å². The average Bonchev–Trinajstić information content (AvgIpc) is 2.78. The standard InChI is InChI=1S/C12H21N3O/c1-3-5-11(6-4-2)12(16)13-7-10-8-14-15-9-10/h8-9,11H,3-7H2,1-2H3,(H,13,16)(H,14,15). The lowest BCUT2D eigenvalue weighted by atomic mass is 9.97. The molecule has 0 saturated carbocycles. The maximum absolute atomic E-state index is 11.9. The van der Waals surface area contributed by atoms with Crippen molar-refractivity contribution >= 4 is 5.91 Å². The van der Waals surface area contributed by atoms with Crippen LogP contribution in [0.2, 0.25) is 0 Å². The predicted molar refractivity (Wildman–Crippen MR) is 63.7 cm³/mol. The second-order valence-corrected chi connectivity index (χ2v) is 4.10. The second-order valence-electron chi connectivity index (χ2n) is 4.10. The SMILES string of the molecule is CCCC(CCC)C(=O)NCc1cn[nH]c1. The van der Waals surface area contributed by atoms with E-state index in [1.807, 2.05) is 0 Å². The van der Waals surface area contributed by atoms with Crippen molar-refractivity contribution < 1.29 is 4.79 Å². The normalized spacial score (nSPS) is 10.7. The van der Waals surface area contributed by atoms with Gasteiger partial charge in [-0.1, -0.05) is 26.7 Å². The van der Waals surface area contributed by atoms with Gasteiger partial charge in [0, 0.05) is 24.2 Å². The lowest BCUT2D eigenvalue weighted by Crippen LogP contribution is -2.30. The number of carbonyl (C=O) groups excluding carboxylic acids is 1. The van der Waals surface area contributed by atoms with E-state index in [-0.39, 0.29) is 11.8 Å². The summed E-state index contributed by atoms with van der Waals surface area (Å²) >= 11 is 0. The zero-order chi connectivity index (χ0) is 11.8. The molecule has 4 heteroatoms. The summed E-state index contributed by atoms with van der Waals surface area (Å²) in [5, 5.41) is 9.53. The number of nitrogens with zero attached hydrogens (tertiary/aromatic N) is 1. The smallest absolute Gasteiger partial charge is 0.223 e. The van der Waals surface area contributed by atoms with Gasteiger partial charge < -0.3 is 5.32 Å². The van der Waals surface area contributed by atoms with Crippen LogP contribution in [0.4, 0.5) is 0 Å². The summed E-state index contributed by atoms with van der Waals surface area (Å²) in [7, 11) is 0. The maximum atomic E-state index is 11.9. The summed E-state index contributed by atoms with van der Waals surface area (Å²) in [6.07, 6.45) is 7.60. The summed E-state index contributed by atoms with van der Waals surface area (Å²) in [6.45, 7) is 4.80. The van der Waals surface area contributed by atoms with Crippen molar-refractivity contribution in [1.82, 2.24) is 15.5 Å². The highest BCUT2D eigenvalue weighted by Crippen LogP contribution is 2.13. The van der Waals surface area contributed by atoms with E-state index in [0.29, 0.717) is 6.54 Å². The van der Waals surface area contributed by atoms with E-state index in [4.69, 9.17) is 0 Å². The Kier molecular flexibility index (Phi) is 5.61. The van der Waals surface area contributed by atoms with Gasteiger partial charge in [0.1, 0.15) is 0 Å². The van der Waals surface area contributed by atoms with E-state index in [1.54, 1.807) is 12.4 Å². The fraction of sp³-hybridized carbons (Fsp3) is 0.667. The third-order valence-corrected chi connectivity index (χ3v) is 2.67. The van der Waals surface area contributed by atoms with Gasteiger partial charge in [-0.15, -0.1) is 0 Å². The quantitative estimate of drug-likeness (QED) is 0.744. The van der Waals surface area contributed by atoms with Crippen molar-refractivity contribution in [1.29, 1.82) is 0 Å². The Hall–Kier alpha value is -1.32. The summed E-state index contributed by atoms with van der Waals surface area (Å²) in [4.78, 5) is 11.9. The van der Waals surface area contributed by atoms with Gasteiger partial charge in [0.15, 0.2) is 0 Å². The van der Waals surface area contributed by atoms with Crippen LogP contribution in [0.25, 0.3) is 0 Å². The van der Waals surface area contributed by atoms with Crippen LogP contribution in [0, 0.1) is 5.92 Å². The highest BCUT2D eigenvalue weighted by molar-refractivity contribution is 5.78. The molecule has 1 rings (SSSR count). The predicted octanol–water partition coefficient (Wildman–Crippen LogP) is 2.24. The molecule has 16 heavy (non-hydrogen) atoms. The Balaban J connectivity index is 2.36. The molecule has 1 aromatic heterocycles. The molecule has 0 radical (unpaired) electrons. The largest absolute Gasteiger partial charge is 0.352 e. The number of rotatable bonds is 7. The van der Waals surface area contributed by atoms with Crippen LogP contribution in [0.3, 0.4) is 0 Å². The molecule has 0 saturated heterocycles. The maximum Gasteiger partial charge on any atom is 0.223 e. The van der Waals surface area contributed by atoms with Gasteiger partial charge in [-0.25, -0.2) is 0 Å². The molecule has 0 atom stereocenters. The molecule has 90 valence electrons. The number of aromatic amines is 1. The molecule has 0 unspecified atom stereocenters. The van der Waals surface area contributed by atoms with Crippen LogP contribution in [-0.2, 0) is 11.3 Å². The summed E-state index contributed by atoms with van der Waals surface area (Å²) in [6, 6.07) is 0. The Morgan fingerprint density at radius 3 is 2.62 bits per heavy atom. The number of hydrogen-bond acceptors (Lipinski definition) is 2. The van der Waals surface area contributed by atoms with E-state index < -0.39 is 0 Å². The monoisotopic (exact) mass is 223 g/mol. The Bertz CT molecular complexity index is 289. The number of amides is 1. The van der Waals surface area contributed by atoms with Crippen LogP contribution in [-0.4, -0.2) is 16.1 Å². The Labute approximate surface area is 96.8 Å². The van der Waals surface area contributed by atoms with Crippen LogP contribution in [0.15, 0.2) is 12.4 Å². The minimum absolute atomic E-state index is 0.168. The van der Waals surface area contributed by atoms with Crippen molar-refractivity contribution in [2.75, 3.05) is 0 Å². The van der Waals surface area contributed by atoms with Crippen LogP contribution in [0.5, 0.6) is 0 Å². The molecule has 4 nitrogen and oxygen atoms in total. The second kappa shape index (κ2) is 7.04. The highest BCUT2D eigenvalue weighted by atomic mass is 16.1. The molecule has 0 aliphatic rings. The van der Waals surface area contributed by atoms with E-state index in [9.17, 15) is 4.79 Å². The molecule has 0 aliphatic carbocycles. The molecule has 0 fully saturated rings. The molecule has 0 bridgehead atoms. The van der Waals surface area contributed by atoms with Gasteiger partial charge in [-0.2, -0.15) is 5.10 Å². The average molecular weight is 223 g/mol. The topological polar surface area (TPSA) is 57.8 Å². The van der Waals surface area contributed by atoms with Crippen molar-refractivity contribution in [2.45, 2.75) is 46.1 Å². The zero-order valence-corrected chi connectivity index (χ0v) is 10.1. The van der Waals surface area contributed by atoms with Gasteiger partial charge in [0.05, 0.1) is 6.20 Å². The molecule has 0 aromatic carbocycles. The van der Waals surface area contributed by atoms with Crippen LogP contribution >= 0.6 is 0 Å². The van der Waals surface area contributed by atoms with E-state index >= 15 is 0 Å². The first-order chi connectivity index (χ1) is 7.77. The third-order valence-electron chi connectivity index (χ3n) is 2.67. The molecular weight excluding hydrogens is 202 g/mol. The number of H-pyrrole nitrogens is 1. The summed E-state index contributed by atoms with van der Waals surface area (Å²) in [5.41, 5.74) is 1.01. The third kappa shape index (κ3) is 4.04. The van der Waals surface area contributed by atoms with Gasteiger partial charge in [0.25, 0.3) is 0 Å². The first-order valence-corrected chi connectivity index (χ1v) is 6.03. The zero-order valence-electron chi connectivity index (χ0n) is 10.1. The fourth-order valence-corrected chi connectivity index (χ4v) is 1.81. The molecule has 1 heterocycles. The lowest BCUT2D eigenvalue weighted by Gasteiger charge is -2.14. The minimum Gasteiger partial charge on any atom is -0.352 e. The molecular formula is C12H21N3O. The number of aromatic nitrogens is 2. The fourth-order valence-electron chi connectivity index (χ4n) is 1.81. The molecule has 2 N–H and O–H groups in total. The van der Waals surface area contributed by atoms with Gasteiger partial charge >= 0.3 is 0 Å². The van der Waals surface area contributed by atoms with Crippen LogP contribution < -0.4 is 5.32 Å². The van der Waals surface area contributed by atoms with Crippen molar-refractivity contribution in [3.8, 4) is 0 Å². The van der Waals surface area contributed by atoms with Crippen molar-refractivity contribution in [2.24, 2.45) is 5.92 Å². The van der Waals surface area contributed by atoms with Gasteiger partial charge in [-0.05, 0) is 12.8 Å². The molecule has 1 aromatic rings. The molecule has 1 amide bonds. The minimum atomic E-state index is 0.168. The Morgan fingerprint density at radius 2 is 2.12 bits per heavy atom. The van der Waals surface area contributed by atoms with E-state index in [1.165, 1.54) is 0 Å². The lowest BCUT2D eigenvalue weighted by molar-refractivity contribution is -0.125. The number of hydrogen-bond donors (Lipinski definition) is 2. The summed E-state index contributed by atoms with van der Waals surface area (Å²) < 4.78 is 0. The highest BCUT2D eigenvalue weighted by Gasteiger charge is 2.15. The van der Waals surface area contributed by atoms with Gasteiger partial charge in [-0.3, -0.25) is 9.89 Å². The number of carbonyl (C=O) groups is 1. The van der Waals surface area contributed by atoms with Gasteiger partial charge in [0.2, 0.25) is 5.91 Å². The summed E-state index contributed by atoms with van der Waals surface area (Å²) in [5.74, 6) is 0.340. The van der Waals surface area contributed by atoms with Crippen molar-refractivity contribution in [3.05, 3.63) is 18.0 Å². The van der Waals surface area contributed by atoms with Crippen LogP contribution in [0.1, 0.15) is 45.1 Å². The molecule has 0 spiro atoms. The first kappa shape index (κ1) is 12.7. The molecule has 0 aliphatic heterocycles. The Morgan fingerprint density at radius 1 is 1.44 bits per heavy atom. The van der Waals surface area contributed by atoms with E-state index in [0.717, 1.165) is 31.2 Å². The first-order valence-electron chi connectivity index (χ1n) is 6.03.